The van der Waals surface area contributed by atoms with Crippen LogP contribution in [-0.4, -0.2) is 64.3 Å². The first kappa shape index (κ1) is 26.5. The zero-order valence-corrected chi connectivity index (χ0v) is 22.8. The Morgan fingerprint density at radius 3 is 2.60 bits per heavy atom. The lowest BCUT2D eigenvalue weighted by atomic mass is 9.95. The monoisotopic (exact) mass is 542 g/mol. The van der Waals surface area contributed by atoms with Crippen LogP contribution in [-0.2, 0) is 27.2 Å². The number of pyridine rings is 2. The van der Waals surface area contributed by atoms with Crippen LogP contribution in [0.1, 0.15) is 24.6 Å². The van der Waals surface area contributed by atoms with Crippen LogP contribution in [0.5, 0.6) is 0 Å². The zero-order chi connectivity index (χ0) is 27.6. The third-order valence-electron chi connectivity index (χ3n) is 7.34. The van der Waals surface area contributed by atoms with E-state index in [2.05, 4.69) is 28.3 Å². The molecule has 2 aliphatic heterocycles. The van der Waals surface area contributed by atoms with Crippen LogP contribution in [0.3, 0.4) is 0 Å². The standard InChI is InChI=1S/C30H34N6O4/c1-3-19-11-20(26-6-4-5-18(2)33-26)7-8-24(19)25-12-21-13-32-30(34-23-16-38-17-23)35-28(21)36(29(25)37)10-9-27-39-14-22(31)15-40-27/h4-8,11-13,22-23,27H,3,9-10,14-17,31H2,1-2H3,(H,32,34,35). The number of aromatic nitrogens is 4. The Balaban J connectivity index is 1.41. The van der Waals surface area contributed by atoms with E-state index in [1.807, 2.05) is 43.3 Å². The van der Waals surface area contributed by atoms with Crippen molar-refractivity contribution in [2.24, 2.45) is 5.73 Å². The number of hydrogen-bond donors (Lipinski definition) is 2. The predicted octanol–water partition coefficient (Wildman–Crippen LogP) is 3.29. The topological polar surface area (TPSA) is 126 Å². The predicted molar refractivity (Wildman–Crippen MR) is 153 cm³/mol. The van der Waals surface area contributed by atoms with Gasteiger partial charge in [0.25, 0.3) is 5.56 Å². The Bertz CT molecular complexity index is 1580. The molecule has 0 unspecified atom stereocenters. The molecule has 0 aliphatic carbocycles. The van der Waals surface area contributed by atoms with E-state index in [9.17, 15) is 4.79 Å². The molecule has 3 aromatic heterocycles. The van der Waals surface area contributed by atoms with E-state index < -0.39 is 6.29 Å². The van der Waals surface area contributed by atoms with E-state index >= 15 is 0 Å². The van der Waals surface area contributed by atoms with Crippen LogP contribution in [0.2, 0.25) is 0 Å². The van der Waals surface area contributed by atoms with Gasteiger partial charge in [0, 0.05) is 41.4 Å². The SMILES string of the molecule is CCc1cc(-c2cccc(C)n2)ccc1-c1cc2cnc(NC3COC3)nc2n(CCC2OCC(N)CO2)c1=O. The van der Waals surface area contributed by atoms with Gasteiger partial charge in [-0.3, -0.25) is 14.3 Å². The van der Waals surface area contributed by atoms with E-state index in [1.165, 1.54) is 0 Å². The van der Waals surface area contributed by atoms with Crippen molar-refractivity contribution in [1.29, 1.82) is 0 Å². The van der Waals surface area contributed by atoms with Crippen molar-refractivity contribution in [3.63, 3.8) is 0 Å². The summed E-state index contributed by atoms with van der Waals surface area (Å²) in [5.41, 5.74) is 11.8. The summed E-state index contributed by atoms with van der Waals surface area (Å²) in [6, 6.07) is 14.1. The van der Waals surface area contributed by atoms with E-state index in [0.29, 0.717) is 56.6 Å². The second kappa shape index (κ2) is 11.4. The maximum absolute atomic E-state index is 14.1. The van der Waals surface area contributed by atoms with Crippen LogP contribution >= 0.6 is 0 Å². The van der Waals surface area contributed by atoms with E-state index in [4.69, 9.17) is 24.9 Å². The minimum atomic E-state index is -0.427. The van der Waals surface area contributed by atoms with Crippen molar-refractivity contribution < 1.29 is 14.2 Å². The van der Waals surface area contributed by atoms with Crippen LogP contribution < -0.4 is 16.6 Å². The highest BCUT2D eigenvalue weighted by atomic mass is 16.7. The largest absolute Gasteiger partial charge is 0.377 e. The second-order valence-electron chi connectivity index (χ2n) is 10.4. The van der Waals surface area contributed by atoms with Crippen molar-refractivity contribution in [3.05, 3.63) is 70.3 Å². The third kappa shape index (κ3) is 5.48. The molecule has 0 bridgehead atoms. The van der Waals surface area contributed by atoms with Gasteiger partial charge in [-0.25, -0.2) is 4.98 Å². The van der Waals surface area contributed by atoms with Gasteiger partial charge in [0.2, 0.25) is 5.95 Å². The van der Waals surface area contributed by atoms with E-state index in [0.717, 1.165) is 39.9 Å². The number of nitrogens with one attached hydrogen (secondary N) is 1. The van der Waals surface area contributed by atoms with Gasteiger partial charge in [-0.05, 0) is 48.7 Å². The maximum atomic E-state index is 14.1. The molecule has 4 aromatic rings. The maximum Gasteiger partial charge on any atom is 0.260 e. The molecular weight excluding hydrogens is 508 g/mol. The van der Waals surface area contributed by atoms with Gasteiger partial charge in [0.05, 0.1) is 44.2 Å². The smallest absolute Gasteiger partial charge is 0.260 e. The zero-order valence-electron chi connectivity index (χ0n) is 22.8. The van der Waals surface area contributed by atoms with Gasteiger partial charge >= 0.3 is 0 Å². The molecule has 6 rings (SSSR count). The molecule has 208 valence electrons. The number of rotatable bonds is 8. The summed E-state index contributed by atoms with van der Waals surface area (Å²) in [6.45, 7) is 6.54. The van der Waals surface area contributed by atoms with Crippen molar-refractivity contribution in [2.75, 3.05) is 31.7 Å². The highest BCUT2D eigenvalue weighted by Crippen LogP contribution is 2.29. The molecule has 1 aromatic carbocycles. The minimum absolute atomic E-state index is 0.118. The fraction of sp³-hybridized carbons (Fsp3) is 0.400. The Labute approximate surface area is 232 Å². The Morgan fingerprint density at radius 2 is 1.88 bits per heavy atom. The first-order chi connectivity index (χ1) is 19.5. The normalized spacial score (nSPS) is 19.5. The summed E-state index contributed by atoms with van der Waals surface area (Å²) in [5, 5.41) is 4.07. The fourth-order valence-electron chi connectivity index (χ4n) is 5.10. The molecule has 2 fully saturated rings. The number of fused-ring (bicyclic) bond motifs is 1. The van der Waals surface area contributed by atoms with Crippen molar-refractivity contribution in [2.45, 2.75) is 51.6 Å². The average Bonchev–Trinajstić information content (AvgIpc) is 2.95. The average molecular weight is 543 g/mol. The molecule has 0 saturated carbocycles. The number of nitrogens with zero attached hydrogens (tertiary/aromatic N) is 4. The first-order valence-corrected chi connectivity index (χ1v) is 13.8. The number of ether oxygens (including phenoxy) is 3. The van der Waals surface area contributed by atoms with Gasteiger partial charge in [-0.1, -0.05) is 25.1 Å². The molecule has 0 radical (unpaired) electrons. The number of nitrogens with two attached hydrogens (primary N) is 1. The number of anilines is 1. The highest BCUT2D eigenvalue weighted by molar-refractivity contribution is 5.83. The third-order valence-corrected chi connectivity index (χ3v) is 7.34. The molecule has 10 heteroatoms. The van der Waals surface area contributed by atoms with Gasteiger partial charge in [0.15, 0.2) is 6.29 Å². The summed E-state index contributed by atoms with van der Waals surface area (Å²) in [5.74, 6) is 0.474. The number of hydrogen-bond acceptors (Lipinski definition) is 9. The van der Waals surface area contributed by atoms with Gasteiger partial charge in [0.1, 0.15) is 5.65 Å². The van der Waals surface area contributed by atoms with Crippen molar-refractivity contribution >= 4 is 17.0 Å². The fourth-order valence-corrected chi connectivity index (χ4v) is 5.10. The molecule has 0 amide bonds. The van der Waals surface area contributed by atoms with Crippen LogP contribution in [0.4, 0.5) is 5.95 Å². The first-order valence-electron chi connectivity index (χ1n) is 13.8. The van der Waals surface area contributed by atoms with Crippen LogP contribution in [0.15, 0.2) is 53.5 Å². The molecule has 5 heterocycles. The van der Waals surface area contributed by atoms with Crippen LogP contribution in [0, 0.1) is 6.92 Å². The minimum Gasteiger partial charge on any atom is -0.377 e. The summed E-state index contributed by atoms with van der Waals surface area (Å²) in [6.07, 6.45) is 2.60. The summed E-state index contributed by atoms with van der Waals surface area (Å²) in [4.78, 5) is 28.1. The Kier molecular flexibility index (Phi) is 7.57. The van der Waals surface area contributed by atoms with Crippen molar-refractivity contribution in [1.82, 2.24) is 19.5 Å². The molecule has 2 aliphatic rings. The molecule has 2 saturated heterocycles. The van der Waals surface area contributed by atoms with Crippen LogP contribution in [0.25, 0.3) is 33.4 Å². The van der Waals surface area contributed by atoms with Gasteiger partial charge in [-0.2, -0.15) is 4.98 Å². The number of aryl methyl sites for hydroxylation is 3. The summed E-state index contributed by atoms with van der Waals surface area (Å²) >= 11 is 0. The Hall–Kier alpha value is -3.70. The van der Waals surface area contributed by atoms with E-state index in [1.54, 1.807) is 10.8 Å². The molecule has 40 heavy (non-hydrogen) atoms. The van der Waals surface area contributed by atoms with Gasteiger partial charge in [-0.15, -0.1) is 0 Å². The molecule has 10 nitrogen and oxygen atoms in total. The van der Waals surface area contributed by atoms with E-state index in [-0.39, 0.29) is 17.6 Å². The van der Waals surface area contributed by atoms with Crippen molar-refractivity contribution in [3.8, 4) is 22.4 Å². The lowest BCUT2D eigenvalue weighted by Crippen LogP contribution is -2.41. The molecule has 0 atom stereocenters. The summed E-state index contributed by atoms with van der Waals surface area (Å²) < 4.78 is 18.5. The molecule has 3 N–H and O–H groups in total. The molecular formula is C30H34N6O4. The molecule has 0 spiro atoms. The summed E-state index contributed by atoms with van der Waals surface area (Å²) in [7, 11) is 0. The second-order valence-corrected chi connectivity index (χ2v) is 10.4. The highest BCUT2D eigenvalue weighted by Gasteiger charge is 2.23. The van der Waals surface area contributed by atoms with Gasteiger partial charge < -0.3 is 25.3 Å². The number of benzene rings is 1. The quantitative estimate of drug-likeness (QED) is 0.345. The Morgan fingerprint density at radius 1 is 1.05 bits per heavy atom. The lowest BCUT2D eigenvalue weighted by Gasteiger charge is -2.28. The lowest BCUT2D eigenvalue weighted by molar-refractivity contribution is -0.189.